The standard InChI is InChI=1S/C40H72N2O16/c1-27-35(49)37(51)31(25-43)57-39(27)55-19-8-6-13-29(45)11-4-3-5-12-30(46)15-21-53-23-24-54-22-16-34(48)42-18-10-17-41-33(47)14-7-9-20-56-40-28(2)36(50)38(52)32(26-44)58-40/h27-28,31-32,35-40,43-44,49-52H,3-26H2,1-2H3,(H,41,47)(H,42,48). The summed E-state index contributed by atoms with van der Waals surface area (Å²) in [7, 11) is 0. The summed E-state index contributed by atoms with van der Waals surface area (Å²) >= 11 is 0. The number of ketones is 2. The summed E-state index contributed by atoms with van der Waals surface area (Å²) in [6, 6.07) is 0. The van der Waals surface area contributed by atoms with E-state index in [1.165, 1.54) is 0 Å². The van der Waals surface area contributed by atoms with E-state index in [-0.39, 0.29) is 36.4 Å². The fourth-order valence-corrected chi connectivity index (χ4v) is 6.50. The van der Waals surface area contributed by atoms with Gasteiger partial charge >= 0.3 is 0 Å². The maximum absolute atomic E-state index is 12.2. The molecule has 2 aliphatic heterocycles. The fraction of sp³-hybridized carbons (Fsp3) is 0.900. The van der Waals surface area contributed by atoms with Crippen LogP contribution in [0.5, 0.6) is 0 Å². The lowest BCUT2D eigenvalue weighted by molar-refractivity contribution is -0.282. The number of aliphatic hydroxyl groups excluding tert-OH is 6. The lowest BCUT2D eigenvalue weighted by atomic mass is 9.92. The Morgan fingerprint density at radius 3 is 1.38 bits per heavy atom. The molecule has 338 valence electrons. The third-order valence-corrected chi connectivity index (χ3v) is 10.4. The van der Waals surface area contributed by atoms with Crippen LogP contribution in [-0.2, 0) is 47.6 Å². The molecule has 0 radical (unpaired) electrons. The van der Waals surface area contributed by atoms with E-state index in [4.69, 9.17) is 28.4 Å². The molecule has 2 amide bonds. The van der Waals surface area contributed by atoms with E-state index in [1.807, 2.05) is 0 Å². The summed E-state index contributed by atoms with van der Waals surface area (Å²) in [6.45, 7) is 5.20. The van der Waals surface area contributed by atoms with E-state index < -0.39 is 74.3 Å². The first-order valence-corrected chi connectivity index (χ1v) is 21.1. The first kappa shape index (κ1) is 51.9. The topological polar surface area (TPSA) is 269 Å². The molecule has 0 aliphatic carbocycles. The number of carbonyl (C=O) groups excluding carboxylic acids is 4. The van der Waals surface area contributed by atoms with Crippen LogP contribution in [-0.4, -0.2) is 169 Å². The Bertz CT molecular complexity index is 1060. The van der Waals surface area contributed by atoms with Crippen LogP contribution in [0.3, 0.4) is 0 Å². The molecule has 0 spiro atoms. The van der Waals surface area contributed by atoms with Crippen LogP contribution in [0.2, 0.25) is 0 Å². The average Bonchev–Trinajstić information content (AvgIpc) is 3.21. The van der Waals surface area contributed by atoms with Gasteiger partial charge in [0.25, 0.3) is 0 Å². The summed E-state index contributed by atoms with van der Waals surface area (Å²) < 4.78 is 33.3. The molecular formula is C40H72N2O16. The second kappa shape index (κ2) is 30.8. The van der Waals surface area contributed by atoms with Gasteiger partial charge in [0.05, 0.1) is 51.8 Å². The van der Waals surface area contributed by atoms with E-state index in [2.05, 4.69) is 10.6 Å². The van der Waals surface area contributed by atoms with Gasteiger partial charge in [-0.3, -0.25) is 19.2 Å². The molecule has 18 heteroatoms. The van der Waals surface area contributed by atoms with Crippen molar-refractivity contribution in [2.45, 2.75) is 153 Å². The predicted octanol–water partition coefficient (Wildman–Crippen LogP) is 0.0350. The number of Topliss-reactive ketones (excluding diaryl/α,β-unsaturated/α-hetero) is 2. The minimum absolute atomic E-state index is 0.103. The van der Waals surface area contributed by atoms with E-state index in [9.17, 15) is 49.8 Å². The van der Waals surface area contributed by atoms with Gasteiger partial charge in [-0.05, 0) is 44.9 Å². The Morgan fingerprint density at radius 1 is 0.483 bits per heavy atom. The van der Waals surface area contributed by atoms with Gasteiger partial charge in [0.15, 0.2) is 12.6 Å². The normalized spacial score (nSPS) is 27.3. The van der Waals surface area contributed by atoms with Gasteiger partial charge in [0, 0.05) is 76.7 Å². The molecule has 0 aromatic rings. The van der Waals surface area contributed by atoms with Gasteiger partial charge in [-0.15, -0.1) is 0 Å². The molecule has 2 aliphatic rings. The number of aliphatic hydroxyl groups is 6. The molecule has 0 bridgehead atoms. The summed E-state index contributed by atoms with van der Waals surface area (Å²) in [5.74, 6) is -0.892. The Morgan fingerprint density at radius 2 is 0.897 bits per heavy atom. The lowest BCUT2D eigenvalue weighted by Crippen LogP contribution is -2.55. The Balaban J connectivity index is 1.31. The number of unbranched alkanes of at least 4 members (excludes halogenated alkanes) is 4. The number of amides is 2. The molecule has 8 N–H and O–H groups in total. The van der Waals surface area contributed by atoms with Crippen LogP contribution in [0.1, 0.15) is 104 Å². The van der Waals surface area contributed by atoms with Crippen molar-refractivity contribution >= 4 is 23.4 Å². The van der Waals surface area contributed by atoms with Crippen LogP contribution in [0.15, 0.2) is 0 Å². The monoisotopic (exact) mass is 836 g/mol. The van der Waals surface area contributed by atoms with E-state index in [0.29, 0.717) is 110 Å². The molecule has 2 saturated heterocycles. The molecule has 58 heavy (non-hydrogen) atoms. The van der Waals surface area contributed by atoms with Crippen molar-refractivity contribution in [1.82, 2.24) is 10.6 Å². The number of hydrogen-bond donors (Lipinski definition) is 8. The lowest BCUT2D eigenvalue weighted by Gasteiger charge is -2.40. The van der Waals surface area contributed by atoms with Gasteiger partial charge in [-0.1, -0.05) is 20.3 Å². The summed E-state index contributed by atoms with van der Waals surface area (Å²) in [4.78, 5) is 48.4. The van der Waals surface area contributed by atoms with Crippen molar-refractivity contribution in [2.24, 2.45) is 11.8 Å². The zero-order valence-electron chi connectivity index (χ0n) is 34.5. The largest absolute Gasteiger partial charge is 0.394 e. The van der Waals surface area contributed by atoms with Gasteiger partial charge in [0.2, 0.25) is 11.8 Å². The van der Waals surface area contributed by atoms with Crippen LogP contribution in [0.25, 0.3) is 0 Å². The quantitative estimate of drug-likeness (QED) is 0.0406. The first-order valence-electron chi connectivity index (χ1n) is 21.1. The molecule has 2 rings (SSSR count). The third kappa shape index (κ3) is 20.9. The van der Waals surface area contributed by atoms with Crippen molar-refractivity contribution < 1.29 is 78.2 Å². The van der Waals surface area contributed by atoms with Crippen molar-refractivity contribution in [2.75, 3.05) is 65.9 Å². The van der Waals surface area contributed by atoms with Gasteiger partial charge in [0.1, 0.15) is 36.0 Å². The summed E-state index contributed by atoms with van der Waals surface area (Å²) in [5, 5.41) is 64.2. The number of carbonyl (C=O) groups is 4. The molecule has 10 atom stereocenters. The fourth-order valence-electron chi connectivity index (χ4n) is 6.50. The van der Waals surface area contributed by atoms with Crippen LogP contribution in [0, 0.1) is 11.8 Å². The Kier molecular flexibility index (Phi) is 27.6. The molecule has 10 unspecified atom stereocenters. The van der Waals surface area contributed by atoms with Crippen LogP contribution < -0.4 is 10.6 Å². The smallest absolute Gasteiger partial charge is 0.222 e. The predicted molar refractivity (Wildman–Crippen MR) is 208 cm³/mol. The zero-order chi connectivity index (χ0) is 42.7. The Labute approximate surface area is 342 Å². The summed E-state index contributed by atoms with van der Waals surface area (Å²) in [6.07, 6.45) is -0.247. The second-order valence-electron chi connectivity index (χ2n) is 15.2. The zero-order valence-corrected chi connectivity index (χ0v) is 34.5. The van der Waals surface area contributed by atoms with Crippen LogP contribution >= 0.6 is 0 Å². The van der Waals surface area contributed by atoms with Gasteiger partial charge in [-0.2, -0.15) is 0 Å². The molecule has 18 nitrogen and oxygen atoms in total. The molecular weight excluding hydrogens is 764 g/mol. The SMILES string of the molecule is CC1C(OCCCCC(=O)CCCCCC(=O)CCOCCOCCC(=O)NCCCNC(=O)CCCCOC2OC(CO)C(O)C(O)C2C)OC(CO)C(O)C1O. The summed E-state index contributed by atoms with van der Waals surface area (Å²) in [5.41, 5.74) is 0. The number of nitrogens with one attached hydrogen (secondary N) is 2. The Hall–Kier alpha value is -2.20. The second-order valence-corrected chi connectivity index (χ2v) is 15.2. The highest BCUT2D eigenvalue weighted by molar-refractivity contribution is 5.79. The maximum Gasteiger partial charge on any atom is 0.222 e. The molecule has 0 aromatic carbocycles. The van der Waals surface area contributed by atoms with Crippen molar-refractivity contribution in [3.63, 3.8) is 0 Å². The highest BCUT2D eigenvalue weighted by Gasteiger charge is 2.43. The minimum Gasteiger partial charge on any atom is -0.394 e. The molecule has 0 aromatic heterocycles. The average molecular weight is 837 g/mol. The molecule has 2 fully saturated rings. The van der Waals surface area contributed by atoms with Crippen molar-refractivity contribution in [3.8, 4) is 0 Å². The molecule has 2 heterocycles. The highest BCUT2D eigenvalue weighted by atomic mass is 16.7. The van der Waals surface area contributed by atoms with Crippen LogP contribution in [0.4, 0.5) is 0 Å². The first-order chi connectivity index (χ1) is 27.9. The number of hydrogen-bond acceptors (Lipinski definition) is 16. The van der Waals surface area contributed by atoms with Crippen molar-refractivity contribution in [3.05, 3.63) is 0 Å². The van der Waals surface area contributed by atoms with Gasteiger partial charge in [-0.25, -0.2) is 0 Å². The number of ether oxygens (including phenoxy) is 6. The van der Waals surface area contributed by atoms with E-state index in [1.54, 1.807) is 13.8 Å². The van der Waals surface area contributed by atoms with E-state index >= 15 is 0 Å². The third-order valence-electron chi connectivity index (χ3n) is 10.4. The minimum atomic E-state index is -1.17. The highest BCUT2D eigenvalue weighted by Crippen LogP contribution is 2.28. The molecule has 0 saturated carbocycles. The van der Waals surface area contributed by atoms with E-state index in [0.717, 1.165) is 19.3 Å². The maximum atomic E-state index is 12.2. The number of rotatable bonds is 33. The van der Waals surface area contributed by atoms with Crippen molar-refractivity contribution in [1.29, 1.82) is 0 Å². The van der Waals surface area contributed by atoms with Gasteiger partial charge < -0.3 is 69.7 Å².